The molecule has 0 aliphatic carbocycles. The van der Waals surface area contributed by atoms with Crippen molar-refractivity contribution in [2.75, 3.05) is 39.4 Å². The first-order chi connectivity index (χ1) is 9.15. The van der Waals surface area contributed by atoms with Gasteiger partial charge in [0.05, 0.1) is 25.4 Å². The van der Waals surface area contributed by atoms with E-state index in [1.54, 1.807) is 0 Å². The third-order valence-corrected chi connectivity index (χ3v) is 3.41. The summed E-state index contributed by atoms with van der Waals surface area (Å²) in [6.07, 6.45) is 0.321. The number of hydrogen-bond acceptors (Lipinski definition) is 6. The van der Waals surface area contributed by atoms with E-state index in [-0.39, 0.29) is 17.9 Å². The molecule has 2 atom stereocenters. The van der Waals surface area contributed by atoms with E-state index in [1.807, 2.05) is 0 Å². The number of amides is 2. The molecule has 2 amide bonds. The molecule has 2 unspecified atom stereocenters. The Balaban J connectivity index is 1.66. The van der Waals surface area contributed by atoms with Crippen LogP contribution in [-0.4, -0.2) is 73.4 Å². The van der Waals surface area contributed by atoms with Crippen molar-refractivity contribution in [1.82, 2.24) is 15.5 Å². The van der Waals surface area contributed by atoms with Crippen molar-refractivity contribution in [2.24, 2.45) is 0 Å². The van der Waals surface area contributed by atoms with Gasteiger partial charge in [-0.2, -0.15) is 0 Å². The zero-order valence-electron chi connectivity index (χ0n) is 10.9. The summed E-state index contributed by atoms with van der Waals surface area (Å²) in [5.41, 5.74) is 0. The molecule has 0 saturated carbocycles. The van der Waals surface area contributed by atoms with E-state index < -0.39 is 6.10 Å². The van der Waals surface area contributed by atoms with E-state index in [4.69, 9.17) is 4.74 Å². The minimum Gasteiger partial charge on any atom is -0.390 e. The topological polar surface area (TPSA) is 90.9 Å². The number of morpholine rings is 1. The summed E-state index contributed by atoms with van der Waals surface area (Å²) < 4.78 is 5.24. The summed E-state index contributed by atoms with van der Waals surface area (Å²) in [5, 5.41) is 15.2. The monoisotopic (exact) mass is 271 g/mol. The zero-order valence-corrected chi connectivity index (χ0v) is 10.9. The Hall–Kier alpha value is -1.02. The first kappa shape index (κ1) is 14.4. The second kappa shape index (κ2) is 6.95. The molecule has 0 bridgehead atoms. The van der Waals surface area contributed by atoms with Crippen LogP contribution in [0.25, 0.3) is 0 Å². The molecule has 0 spiro atoms. The molecule has 7 heteroatoms. The van der Waals surface area contributed by atoms with Gasteiger partial charge in [-0.3, -0.25) is 19.8 Å². The molecule has 2 heterocycles. The van der Waals surface area contributed by atoms with E-state index in [0.717, 1.165) is 13.1 Å². The fraction of sp³-hybridized carbons (Fsp3) is 0.833. The van der Waals surface area contributed by atoms with Crippen LogP contribution in [-0.2, 0) is 14.3 Å². The van der Waals surface area contributed by atoms with Gasteiger partial charge in [0.15, 0.2) is 0 Å². The van der Waals surface area contributed by atoms with E-state index in [0.29, 0.717) is 39.1 Å². The lowest BCUT2D eigenvalue weighted by Gasteiger charge is -2.29. The molecule has 3 N–H and O–H groups in total. The van der Waals surface area contributed by atoms with Crippen LogP contribution in [0.2, 0.25) is 0 Å². The number of hydrogen-bond donors (Lipinski definition) is 3. The Kier molecular flexibility index (Phi) is 5.26. The van der Waals surface area contributed by atoms with Crippen molar-refractivity contribution in [3.63, 3.8) is 0 Å². The van der Waals surface area contributed by atoms with Crippen molar-refractivity contribution < 1.29 is 19.4 Å². The van der Waals surface area contributed by atoms with Gasteiger partial charge in [-0.05, 0) is 6.42 Å². The number of imide groups is 1. The number of β-amino-alcohol motifs (C(OH)–C–C–N with tert-alkyl or cyclic N) is 1. The van der Waals surface area contributed by atoms with E-state index in [1.165, 1.54) is 0 Å². The number of aliphatic hydroxyl groups is 1. The first-order valence-corrected chi connectivity index (χ1v) is 6.70. The summed E-state index contributed by atoms with van der Waals surface area (Å²) >= 11 is 0. The maximum Gasteiger partial charge on any atom is 0.243 e. The van der Waals surface area contributed by atoms with Gasteiger partial charge < -0.3 is 15.2 Å². The smallest absolute Gasteiger partial charge is 0.243 e. The predicted octanol–water partition coefficient (Wildman–Crippen LogP) is -1.93. The van der Waals surface area contributed by atoms with Gasteiger partial charge in [0.1, 0.15) is 0 Å². The van der Waals surface area contributed by atoms with Gasteiger partial charge in [0, 0.05) is 32.6 Å². The molecule has 0 aromatic heterocycles. The number of piperidine rings is 1. The molecule has 0 aromatic rings. The lowest BCUT2D eigenvalue weighted by molar-refractivity contribution is -0.134. The van der Waals surface area contributed by atoms with Gasteiger partial charge in [0.2, 0.25) is 11.8 Å². The van der Waals surface area contributed by atoms with Crippen LogP contribution >= 0.6 is 0 Å². The first-order valence-electron chi connectivity index (χ1n) is 6.70. The number of aliphatic hydroxyl groups excluding tert-OH is 1. The largest absolute Gasteiger partial charge is 0.390 e. The Bertz CT molecular complexity index is 331. The van der Waals surface area contributed by atoms with Crippen LogP contribution in [0.5, 0.6) is 0 Å². The molecule has 0 radical (unpaired) electrons. The third kappa shape index (κ3) is 4.54. The summed E-state index contributed by atoms with van der Waals surface area (Å²) in [6.45, 7) is 3.98. The number of carbonyl (C=O) groups is 2. The Morgan fingerprint density at radius 2 is 2.16 bits per heavy atom. The second-order valence-corrected chi connectivity index (χ2v) is 4.98. The van der Waals surface area contributed by atoms with Crippen molar-refractivity contribution >= 4 is 11.8 Å². The van der Waals surface area contributed by atoms with Gasteiger partial charge in [-0.15, -0.1) is 0 Å². The molecule has 2 aliphatic rings. The number of ether oxygens (including phenoxy) is 1. The van der Waals surface area contributed by atoms with Gasteiger partial charge in [-0.1, -0.05) is 0 Å². The van der Waals surface area contributed by atoms with Crippen LogP contribution < -0.4 is 10.6 Å². The zero-order chi connectivity index (χ0) is 13.7. The fourth-order valence-corrected chi connectivity index (χ4v) is 2.31. The molecular formula is C12H21N3O4. The van der Waals surface area contributed by atoms with Crippen LogP contribution in [0, 0.1) is 0 Å². The third-order valence-electron chi connectivity index (χ3n) is 3.41. The summed E-state index contributed by atoms with van der Waals surface area (Å²) in [6, 6.07) is -0.378. The maximum absolute atomic E-state index is 11.5. The summed E-state index contributed by atoms with van der Waals surface area (Å²) in [5.74, 6) is -0.522. The average Bonchev–Trinajstić information content (AvgIpc) is 2.39. The molecule has 2 fully saturated rings. The van der Waals surface area contributed by atoms with Crippen LogP contribution in [0.3, 0.4) is 0 Å². The Morgan fingerprint density at radius 1 is 1.42 bits per heavy atom. The lowest BCUT2D eigenvalue weighted by Crippen LogP contribution is -2.53. The fourth-order valence-electron chi connectivity index (χ4n) is 2.31. The molecule has 2 rings (SSSR count). The normalized spacial score (nSPS) is 27.1. The highest BCUT2D eigenvalue weighted by atomic mass is 16.5. The molecular weight excluding hydrogens is 250 g/mol. The number of nitrogens with zero attached hydrogens (tertiary/aromatic N) is 1. The molecule has 0 aromatic carbocycles. The molecule has 7 nitrogen and oxygen atoms in total. The number of nitrogens with one attached hydrogen (secondary N) is 2. The second-order valence-electron chi connectivity index (χ2n) is 4.98. The Labute approximate surface area is 112 Å². The van der Waals surface area contributed by atoms with Crippen LogP contribution in [0.15, 0.2) is 0 Å². The summed E-state index contributed by atoms with van der Waals surface area (Å²) in [4.78, 5) is 24.6. The molecule has 19 heavy (non-hydrogen) atoms. The number of rotatable bonds is 5. The highest BCUT2D eigenvalue weighted by Gasteiger charge is 2.26. The standard InChI is InChI=1S/C12H21N3O4/c16-9(8-15-3-5-19-6-4-15)7-13-10-1-2-11(17)14-12(10)18/h9-10,13,16H,1-8H2,(H,14,17,18). The van der Waals surface area contributed by atoms with Crippen LogP contribution in [0.1, 0.15) is 12.8 Å². The van der Waals surface area contributed by atoms with E-state index in [9.17, 15) is 14.7 Å². The van der Waals surface area contributed by atoms with Crippen molar-refractivity contribution in [3.8, 4) is 0 Å². The highest BCUT2D eigenvalue weighted by molar-refractivity contribution is 6.00. The molecule has 2 saturated heterocycles. The van der Waals surface area contributed by atoms with Gasteiger partial charge in [-0.25, -0.2) is 0 Å². The Morgan fingerprint density at radius 3 is 2.84 bits per heavy atom. The minimum absolute atomic E-state index is 0.225. The highest BCUT2D eigenvalue weighted by Crippen LogP contribution is 2.04. The maximum atomic E-state index is 11.5. The minimum atomic E-state index is -0.525. The van der Waals surface area contributed by atoms with Crippen molar-refractivity contribution in [3.05, 3.63) is 0 Å². The van der Waals surface area contributed by atoms with Crippen molar-refractivity contribution in [1.29, 1.82) is 0 Å². The lowest BCUT2D eigenvalue weighted by atomic mass is 10.1. The average molecular weight is 271 g/mol. The van der Waals surface area contributed by atoms with Crippen LogP contribution in [0.4, 0.5) is 0 Å². The molecule has 2 aliphatic heterocycles. The predicted molar refractivity (Wildman–Crippen MR) is 67.4 cm³/mol. The van der Waals surface area contributed by atoms with Crippen molar-refractivity contribution in [2.45, 2.75) is 25.0 Å². The number of carbonyl (C=O) groups excluding carboxylic acids is 2. The summed E-state index contributed by atoms with van der Waals surface area (Å²) in [7, 11) is 0. The van der Waals surface area contributed by atoms with E-state index >= 15 is 0 Å². The quantitative estimate of drug-likeness (QED) is 0.505. The SMILES string of the molecule is O=C1CCC(NCC(O)CN2CCOCC2)C(=O)N1. The van der Waals surface area contributed by atoms with Gasteiger partial charge in [0.25, 0.3) is 0 Å². The molecule has 108 valence electrons. The van der Waals surface area contributed by atoms with Gasteiger partial charge >= 0.3 is 0 Å². The van der Waals surface area contributed by atoms with E-state index in [2.05, 4.69) is 15.5 Å².